The molecule has 0 N–H and O–H groups in total. The first-order chi connectivity index (χ1) is 11.8. The zero-order valence-electron chi connectivity index (χ0n) is 13.8. The lowest BCUT2D eigenvalue weighted by atomic mass is 10.1. The number of benzene rings is 1. The van der Waals surface area contributed by atoms with Gasteiger partial charge in [-0.2, -0.15) is 0 Å². The Labute approximate surface area is 142 Å². The van der Waals surface area contributed by atoms with Crippen LogP contribution in [0.5, 0.6) is 11.5 Å². The SMILES string of the molecule is CC1c2cccn2CCN1Cc1ccccc1Oc1cccnc1. The Kier molecular flexibility index (Phi) is 4.05. The van der Waals surface area contributed by atoms with E-state index in [0.717, 1.165) is 31.1 Å². The molecule has 3 heterocycles. The highest BCUT2D eigenvalue weighted by Gasteiger charge is 2.24. The van der Waals surface area contributed by atoms with Crippen LogP contribution < -0.4 is 4.74 Å². The highest BCUT2D eigenvalue weighted by Crippen LogP contribution is 2.31. The van der Waals surface area contributed by atoms with E-state index in [2.05, 4.69) is 51.8 Å². The lowest BCUT2D eigenvalue weighted by Crippen LogP contribution is -2.35. The summed E-state index contributed by atoms with van der Waals surface area (Å²) in [5.41, 5.74) is 2.58. The topological polar surface area (TPSA) is 30.3 Å². The molecule has 0 bridgehead atoms. The van der Waals surface area contributed by atoms with E-state index in [0.29, 0.717) is 6.04 Å². The molecule has 4 heteroatoms. The van der Waals surface area contributed by atoms with Crippen LogP contribution in [0.1, 0.15) is 24.2 Å². The predicted molar refractivity (Wildman–Crippen MR) is 94.0 cm³/mol. The molecule has 1 aliphatic heterocycles. The summed E-state index contributed by atoms with van der Waals surface area (Å²) in [5.74, 6) is 1.67. The summed E-state index contributed by atoms with van der Waals surface area (Å²) in [4.78, 5) is 6.62. The van der Waals surface area contributed by atoms with Crippen molar-refractivity contribution in [1.29, 1.82) is 0 Å². The fourth-order valence-corrected chi connectivity index (χ4v) is 3.33. The minimum Gasteiger partial charge on any atom is -0.455 e. The molecule has 1 atom stereocenters. The third-order valence-corrected chi connectivity index (χ3v) is 4.68. The monoisotopic (exact) mass is 319 g/mol. The van der Waals surface area contributed by atoms with Crippen LogP contribution in [0.4, 0.5) is 0 Å². The minimum atomic E-state index is 0.403. The maximum absolute atomic E-state index is 6.05. The van der Waals surface area contributed by atoms with Crippen molar-refractivity contribution in [3.8, 4) is 11.5 Å². The highest BCUT2D eigenvalue weighted by molar-refractivity contribution is 5.37. The summed E-state index contributed by atoms with van der Waals surface area (Å²) in [6, 6.07) is 16.8. The largest absolute Gasteiger partial charge is 0.455 e. The van der Waals surface area contributed by atoms with Crippen LogP contribution in [0.25, 0.3) is 0 Å². The summed E-state index contributed by atoms with van der Waals surface area (Å²) in [6.07, 6.45) is 5.67. The first-order valence-electron chi connectivity index (χ1n) is 8.36. The average Bonchev–Trinajstić information content (AvgIpc) is 3.09. The van der Waals surface area contributed by atoms with Gasteiger partial charge in [-0.3, -0.25) is 9.88 Å². The molecule has 0 radical (unpaired) electrons. The van der Waals surface area contributed by atoms with E-state index >= 15 is 0 Å². The van der Waals surface area contributed by atoms with E-state index < -0.39 is 0 Å². The molecule has 1 aliphatic rings. The Morgan fingerprint density at radius 3 is 2.88 bits per heavy atom. The second kappa shape index (κ2) is 6.49. The van der Waals surface area contributed by atoms with Gasteiger partial charge in [-0.15, -0.1) is 0 Å². The van der Waals surface area contributed by atoms with Gasteiger partial charge >= 0.3 is 0 Å². The maximum atomic E-state index is 6.05. The van der Waals surface area contributed by atoms with Crippen LogP contribution in [-0.4, -0.2) is 21.0 Å². The van der Waals surface area contributed by atoms with E-state index in [1.165, 1.54) is 11.3 Å². The predicted octanol–water partition coefficient (Wildman–Crippen LogP) is 4.25. The molecule has 0 amide bonds. The van der Waals surface area contributed by atoms with Crippen molar-refractivity contribution in [3.05, 3.63) is 78.4 Å². The molecule has 4 rings (SSSR count). The quantitative estimate of drug-likeness (QED) is 0.720. The molecular weight excluding hydrogens is 298 g/mol. The lowest BCUT2D eigenvalue weighted by Gasteiger charge is -2.35. The zero-order chi connectivity index (χ0) is 16.4. The molecular formula is C20H21N3O. The van der Waals surface area contributed by atoms with Gasteiger partial charge in [0, 0.05) is 49.3 Å². The van der Waals surface area contributed by atoms with Gasteiger partial charge in [0.2, 0.25) is 0 Å². The number of rotatable bonds is 4. The van der Waals surface area contributed by atoms with E-state index in [1.807, 2.05) is 24.3 Å². The fraction of sp³-hybridized carbons (Fsp3) is 0.250. The number of ether oxygens (including phenoxy) is 1. The minimum absolute atomic E-state index is 0.403. The molecule has 0 fully saturated rings. The fourth-order valence-electron chi connectivity index (χ4n) is 3.33. The van der Waals surface area contributed by atoms with E-state index in [9.17, 15) is 0 Å². The van der Waals surface area contributed by atoms with Gasteiger partial charge in [0.25, 0.3) is 0 Å². The Bertz CT molecular complexity index is 813. The van der Waals surface area contributed by atoms with Crippen molar-refractivity contribution in [2.45, 2.75) is 26.1 Å². The summed E-state index contributed by atoms with van der Waals surface area (Å²) in [6.45, 7) is 5.24. The first-order valence-corrected chi connectivity index (χ1v) is 8.36. The molecule has 0 spiro atoms. The van der Waals surface area contributed by atoms with Gasteiger partial charge in [-0.1, -0.05) is 18.2 Å². The van der Waals surface area contributed by atoms with Crippen LogP contribution in [0.3, 0.4) is 0 Å². The molecule has 24 heavy (non-hydrogen) atoms. The number of para-hydroxylation sites is 1. The molecule has 0 saturated carbocycles. The second-order valence-electron chi connectivity index (χ2n) is 6.17. The van der Waals surface area contributed by atoms with Gasteiger partial charge < -0.3 is 9.30 Å². The van der Waals surface area contributed by atoms with Crippen molar-refractivity contribution in [3.63, 3.8) is 0 Å². The number of fused-ring (bicyclic) bond motifs is 1. The Morgan fingerprint density at radius 1 is 1.08 bits per heavy atom. The smallest absolute Gasteiger partial charge is 0.145 e. The normalized spacial score (nSPS) is 17.5. The first kappa shape index (κ1) is 15.0. The highest BCUT2D eigenvalue weighted by atomic mass is 16.5. The van der Waals surface area contributed by atoms with Crippen LogP contribution in [0, 0.1) is 0 Å². The number of hydrogen-bond donors (Lipinski definition) is 0. The van der Waals surface area contributed by atoms with Crippen molar-refractivity contribution < 1.29 is 4.74 Å². The van der Waals surface area contributed by atoms with Gasteiger partial charge in [0.15, 0.2) is 0 Å². The summed E-state index contributed by atoms with van der Waals surface area (Å²) < 4.78 is 8.39. The number of pyridine rings is 1. The summed E-state index contributed by atoms with van der Waals surface area (Å²) in [5, 5.41) is 0. The number of nitrogens with zero attached hydrogens (tertiary/aromatic N) is 3. The Morgan fingerprint density at radius 2 is 2.00 bits per heavy atom. The standard InChI is InChI=1S/C20H21N3O/c1-16-19-8-5-11-22(19)12-13-23(16)15-17-6-2-3-9-20(17)24-18-7-4-10-21-14-18/h2-11,14,16H,12-13,15H2,1H3. The van der Waals surface area contributed by atoms with Crippen LogP contribution >= 0.6 is 0 Å². The third kappa shape index (κ3) is 2.93. The molecule has 2 aromatic heterocycles. The summed E-state index contributed by atoms with van der Waals surface area (Å²) in [7, 11) is 0. The van der Waals surface area contributed by atoms with Crippen LogP contribution in [-0.2, 0) is 13.1 Å². The second-order valence-corrected chi connectivity index (χ2v) is 6.17. The van der Waals surface area contributed by atoms with Crippen molar-refractivity contribution in [2.24, 2.45) is 0 Å². The van der Waals surface area contributed by atoms with Gasteiger partial charge in [0.1, 0.15) is 11.5 Å². The lowest BCUT2D eigenvalue weighted by molar-refractivity contribution is 0.159. The van der Waals surface area contributed by atoms with Gasteiger partial charge in [0.05, 0.1) is 6.20 Å². The van der Waals surface area contributed by atoms with E-state index in [4.69, 9.17) is 4.74 Å². The molecule has 4 nitrogen and oxygen atoms in total. The van der Waals surface area contributed by atoms with E-state index in [1.54, 1.807) is 12.4 Å². The zero-order valence-corrected chi connectivity index (χ0v) is 13.8. The van der Waals surface area contributed by atoms with Crippen molar-refractivity contribution >= 4 is 0 Å². The molecule has 3 aromatic rings. The van der Waals surface area contributed by atoms with Gasteiger partial charge in [-0.05, 0) is 37.3 Å². The Balaban J connectivity index is 1.55. The third-order valence-electron chi connectivity index (χ3n) is 4.68. The molecule has 1 unspecified atom stereocenters. The van der Waals surface area contributed by atoms with E-state index in [-0.39, 0.29) is 0 Å². The van der Waals surface area contributed by atoms with Crippen molar-refractivity contribution in [1.82, 2.24) is 14.5 Å². The van der Waals surface area contributed by atoms with Crippen LogP contribution in [0.15, 0.2) is 67.1 Å². The average molecular weight is 319 g/mol. The molecule has 122 valence electrons. The number of aromatic nitrogens is 2. The maximum Gasteiger partial charge on any atom is 0.145 e. The van der Waals surface area contributed by atoms with Crippen LogP contribution in [0.2, 0.25) is 0 Å². The Hall–Kier alpha value is -2.59. The van der Waals surface area contributed by atoms with Crippen molar-refractivity contribution in [2.75, 3.05) is 6.54 Å². The molecule has 0 aliphatic carbocycles. The van der Waals surface area contributed by atoms with Gasteiger partial charge in [-0.25, -0.2) is 0 Å². The summed E-state index contributed by atoms with van der Waals surface area (Å²) >= 11 is 0. The molecule has 1 aromatic carbocycles. The number of hydrogen-bond acceptors (Lipinski definition) is 3. The molecule has 0 saturated heterocycles.